The van der Waals surface area contributed by atoms with Crippen molar-refractivity contribution in [3.8, 4) is 16.9 Å². The van der Waals surface area contributed by atoms with Crippen LogP contribution in [-0.2, 0) is 11.7 Å². The van der Waals surface area contributed by atoms with Gasteiger partial charge in [-0.3, -0.25) is 0 Å². The van der Waals surface area contributed by atoms with Crippen LogP contribution in [0.15, 0.2) is 66.7 Å². The fourth-order valence-electron chi connectivity index (χ4n) is 3.88. The highest BCUT2D eigenvalue weighted by molar-refractivity contribution is 7.48. The van der Waals surface area contributed by atoms with Crippen LogP contribution >= 0.6 is 8.58 Å². The molecule has 0 aliphatic rings. The topological polar surface area (TPSA) is 32.3 Å². The van der Waals surface area contributed by atoms with Gasteiger partial charge in [-0.2, -0.15) is 0 Å². The summed E-state index contributed by atoms with van der Waals surface area (Å²) < 4.78 is 0. The summed E-state index contributed by atoms with van der Waals surface area (Å²) in [5.74, 6) is 0.411. The Balaban J connectivity index is 2.01. The minimum Gasteiger partial charge on any atom is -0.507 e. The third-order valence-corrected chi connectivity index (χ3v) is 8.13. The Morgan fingerprint density at radius 1 is 0.871 bits per heavy atom. The van der Waals surface area contributed by atoms with Crippen molar-refractivity contribution >= 4 is 13.9 Å². The summed E-state index contributed by atoms with van der Waals surface area (Å²) in [7, 11) is 0.567. The zero-order valence-electron chi connectivity index (χ0n) is 19.7. The number of rotatable bonds is 7. The molecular formula is C28H36NOP. The maximum atomic E-state index is 11.3. The van der Waals surface area contributed by atoms with Gasteiger partial charge in [-0.05, 0) is 56.1 Å². The van der Waals surface area contributed by atoms with Crippen LogP contribution in [0, 0.1) is 6.92 Å². The lowest BCUT2D eigenvalue weighted by Crippen LogP contribution is -2.36. The number of phenolic OH excluding ortho intramolecular Hbond substituents is 1. The lowest BCUT2D eigenvalue weighted by molar-refractivity contribution is 0.425. The zero-order valence-corrected chi connectivity index (χ0v) is 20.7. The van der Waals surface area contributed by atoms with Gasteiger partial charge in [0.1, 0.15) is 5.75 Å². The van der Waals surface area contributed by atoms with Gasteiger partial charge in [0.15, 0.2) is 0 Å². The fourth-order valence-corrected chi connectivity index (χ4v) is 5.55. The first-order valence-corrected chi connectivity index (χ1v) is 12.1. The molecule has 2 N–H and O–H groups in total. The van der Waals surface area contributed by atoms with Crippen LogP contribution in [0.4, 0.5) is 0 Å². The first-order valence-electron chi connectivity index (χ1n) is 11.1. The van der Waals surface area contributed by atoms with E-state index in [9.17, 15) is 5.11 Å². The van der Waals surface area contributed by atoms with Crippen LogP contribution in [0.5, 0.6) is 5.75 Å². The van der Waals surface area contributed by atoms with Crippen LogP contribution in [0.1, 0.15) is 57.7 Å². The molecular weight excluding hydrogens is 397 g/mol. The number of aryl methyl sites for hydroxylation is 1. The minimum absolute atomic E-state index is 0.0699. The van der Waals surface area contributed by atoms with E-state index >= 15 is 0 Å². The molecule has 3 heteroatoms. The summed E-state index contributed by atoms with van der Waals surface area (Å²) in [5, 5.41) is 16.2. The monoisotopic (exact) mass is 433 g/mol. The normalized spacial score (nSPS) is 14.1. The van der Waals surface area contributed by atoms with Gasteiger partial charge in [-0.15, -0.1) is 0 Å². The smallest absolute Gasteiger partial charge is 0.127 e. The summed E-state index contributed by atoms with van der Waals surface area (Å²) in [6.07, 6.45) is 0.956. The lowest BCUT2D eigenvalue weighted by atomic mass is 9.92. The molecule has 2 atom stereocenters. The summed E-state index contributed by atoms with van der Waals surface area (Å²) in [5.41, 5.74) is 5.74. The second kappa shape index (κ2) is 9.55. The van der Waals surface area contributed by atoms with E-state index < -0.39 is 0 Å². The van der Waals surface area contributed by atoms with Gasteiger partial charge in [-0.25, -0.2) is 0 Å². The van der Waals surface area contributed by atoms with Gasteiger partial charge < -0.3 is 10.4 Å². The maximum absolute atomic E-state index is 11.3. The van der Waals surface area contributed by atoms with E-state index in [0.29, 0.717) is 14.3 Å². The Morgan fingerprint density at radius 2 is 1.55 bits per heavy atom. The number of hydrogen-bond acceptors (Lipinski definition) is 2. The van der Waals surface area contributed by atoms with Gasteiger partial charge in [0.05, 0.1) is 0 Å². The number of para-hydroxylation sites is 1. The molecule has 0 radical (unpaired) electrons. The SMILES string of the molecule is CCC(C)(Pc1c(C)cccc1CNC(C)(C)C)c1cccc(-c2ccccc2)c1O. The van der Waals surface area contributed by atoms with Crippen LogP contribution in [-0.4, -0.2) is 10.6 Å². The Kier molecular flexibility index (Phi) is 7.24. The van der Waals surface area contributed by atoms with Crippen molar-refractivity contribution in [2.75, 3.05) is 0 Å². The van der Waals surface area contributed by atoms with Crippen LogP contribution in [0.2, 0.25) is 0 Å². The molecule has 0 saturated carbocycles. The predicted molar refractivity (Wildman–Crippen MR) is 137 cm³/mol. The third kappa shape index (κ3) is 5.56. The van der Waals surface area contributed by atoms with E-state index in [0.717, 1.165) is 29.7 Å². The number of phenols is 1. The molecule has 164 valence electrons. The molecule has 31 heavy (non-hydrogen) atoms. The fraction of sp³-hybridized carbons (Fsp3) is 0.357. The minimum atomic E-state index is -0.141. The molecule has 3 aromatic rings. The van der Waals surface area contributed by atoms with Crippen molar-refractivity contribution in [1.29, 1.82) is 0 Å². The van der Waals surface area contributed by atoms with Gasteiger partial charge in [0, 0.05) is 28.4 Å². The van der Waals surface area contributed by atoms with E-state index in [4.69, 9.17) is 0 Å². The van der Waals surface area contributed by atoms with Crippen molar-refractivity contribution < 1.29 is 5.11 Å². The molecule has 2 unspecified atom stereocenters. The molecule has 0 aliphatic carbocycles. The Labute approximate surface area is 189 Å². The second-order valence-corrected chi connectivity index (χ2v) is 11.4. The molecule has 0 heterocycles. The predicted octanol–water partition coefficient (Wildman–Crippen LogP) is 6.88. The largest absolute Gasteiger partial charge is 0.507 e. The first kappa shape index (κ1) is 23.5. The van der Waals surface area contributed by atoms with Gasteiger partial charge in [-0.1, -0.05) is 89.2 Å². The maximum Gasteiger partial charge on any atom is 0.127 e. The van der Waals surface area contributed by atoms with Crippen molar-refractivity contribution in [3.63, 3.8) is 0 Å². The number of benzene rings is 3. The highest BCUT2D eigenvalue weighted by Crippen LogP contribution is 2.49. The molecule has 0 spiro atoms. The van der Waals surface area contributed by atoms with Gasteiger partial charge in [0.2, 0.25) is 0 Å². The summed E-state index contributed by atoms with van der Waals surface area (Å²) in [4.78, 5) is 0. The lowest BCUT2D eigenvalue weighted by Gasteiger charge is -2.32. The summed E-state index contributed by atoms with van der Waals surface area (Å²) >= 11 is 0. The van der Waals surface area contributed by atoms with E-state index in [1.165, 1.54) is 16.4 Å². The average molecular weight is 434 g/mol. The van der Waals surface area contributed by atoms with Crippen LogP contribution < -0.4 is 10.6 Å². The first-order chi connectivity index (χ1) is 14.6. The average Bonchev–Trinajstić information content (AvgIpc) is 2.74. The molecule has 3 rings (SSSR count). The molecule has 3 aromatic carbocycles. The van der Waals surface area contributed by atoms with E-state index in [1.54, 1.807) is 0 Å². The quantitative estimate of drug-likeness (QED) is 0.398. The molecule has 0 aliphatic heterocycles. The van der Waals surface area contributed by atoms with E-state index in [1.807, 2.05) is 24.3 Å². The van der Waals surface area contributed by atoms with Crippen molar-refractivity contribution in [1.82, 2.24) is 5.32 Å². The number of hydrogen-bond donors (Lipinski definition) is 2. The van der Waals surface area contributed by atoms with E-state index in [-0.39, 0.29) is 10.7 Å². The molecule has 2 nitrogen and oxygen atoms in total. The van der Waals surface area contributed by atoms with Crippen molar-refractivity contribution in [2.45, 2.75) is 65.2 Å². The highest BCUT2D eigenvalue weighted by Gasteiger charge is 2.30. The van der Waals surface area contributed by atoms with Crippen molar-refractivity contribution in [3.05, 3.63) is 83.4 Å². The van der Waals surface area contributed by atoms with Gasteiger partial charge >= 0.3 is 0 Å². The Bertz CT molecular complexity index is 1020. The Morgan fingerprint density at radius 3 is 2.19 bits per heavy atom. The van der Waals surface area contributed by atoms with E-state index in [2.05, 4.69) is 89.3 Å². The molecule has 0 aromatic heterocycles. The standard InChI is InChI=1S/C28H36NOP/c1-7-28(6,24-18-12-17-23(25(24)30)21-14-9-8-10-15-21)31-26-20(2)13-11-16-22(26)19-29-27(3,4)5/h8-18,29-31H,7,19H2,1-6H3. The van der Waals surface area contributed by atoms with Crippen LogP contribution in [0.25, 0.3) is 11.1 Å². The zero-order chi connectivity index (χ0) is 22.6. The molecule has 0 fully saturated rings. The third-order valence-electron chi connectivity index (χ3n) is 5.99. The van der Waals surface area contributed by atoms with Crippen LogP contribution in [0.3, 0.4) is 0 Å². The summed E-state index contributed by atoms with van der Waals surface area (Å²) in [6.45, 7) is 14.2. The molecule has 0 bridgehead atoms. The number of nitrogens with one attached hydrogen (secondary N) is 1. The molecule has 0 saturated heterocycles. The number of aromatic hydroxyl groups is 1. The second-order valence-electron chi connectivity index (χ2n) is 9.59. The Hall–Kier alpha value is -2.15. The summed E-state index contributed by atoms with van der Waals surface area (Å²) in [6, 6.07) is 23.0. The molecule has 0 amide bonds. The highest BCUT2D eigenvalue weighted by atomic mass is 31.1. The van der Waals surface area contributed by atoms with Gasteiger partial charge in [0.25, 0.3) is 0 Å². The van der Waals surface area contributed by atoms with Crippen molar-refractivity contribution in [2.24, 2.45) is 0 Å².